The van der Waals surface area contributed by atoms with Crippen molar-refractivity contribution < 1.29 is 9.84 Å². The van der Waals surface area contributed by atoms with Crippen molar-refractivity contribution in [3.63, 3.8) is 0 Å². The highest BCUT2D eigenvalue weighted by Crippen LogP contribution is 2.34. The molecule has 4 aromatic rings. The SMILES string of the molecule is C.CN(C)[C@H]1CCN(c2cc(-c3cc(Oc4ccc5nc(N[C@@H]6CCCC[C@H]6O)sc5c4)ccn3)ccn2)C1. The van der Waals surface area contributed by atoms with Crippen molar-refractivity contribution >= 4 is 32.5 Å². The first kappa shape index (κ1) is 27.3. The normalized spacial score (nSPS) is 21.2. The average Bonchev–Trinajstić information content (AvgIpc) is 3.58. The largest absolute Gasteiger partial charge is 0.457 e. The van der Waals surface area contributed by atoms with Gasteiger partial charge in [0.15, 0.2) is 5.13 Å². The molecule has 1 aliphatic carbocycles. The number of nitrogens with one attached hydrogen (secondary N) is 1. The monoisotopic (exact) mass is 546 g/mol. The second-order valence-electron chi connectivity index (χ2n) is 10.5. The summed E-state index contributed by atoms with van der Waals surface area (Å²) in [4.78, 5) is 18.6. The van der Waals surface area contributed by atoms with E-state index < -0.39 is 0 Å². The Morgan fingerprint density at radius 2 is 1.82 bits per heavy atom. The molecule has 6 rings (SSSR count). The number of aliphatic hydroxyl groups excluding tert-OH is 1. The van der Waals surface area contributed by atoms with Crippen molar-refractivity contribution in [2.75, 3.05) is 37.4 Å². The van der Waals surface area contributed by atoms with Crippen LogP contribution in [-0.2, 0) is 0 Å². The summed E-state index contributed by atoms with van der Waals surface area (Å²) in [6.45, 7) is 1.99. The molecule has 1 saturated carbocycles. The number of nitrogens with zero attached hydrogens (tertiary/aromatic N) is 5. The molecular weight excluding hydrogens is 508 g/mol. The van der Waals surface area contributed by atoms with Gasteiger partial charge in [-0.15, -0.1) is 0 Å². The Hall–Kier alpha value is -3.27. The Labute approximate surface area is 234 Å². The van der Waals surface area contributed by atoms with Crippen LogP contribution in [0.15, 0.2) is 54.9 Å². The lowest BCUT2D eigenvalue weighted by Gasteiger charge is -2.27. The molecule has 2 N–H and O–H groups in total. The molecule has 0 radical (unpaired) electrons. The smallest absolute Gasteiger partial charge is 0.184 e. The maximum atomic E-state index is 10.3. The molecule has 1 aliphatic heterocycles. The zero-order chi connectivity index (χ0) is 26.1. The van der Waals surface area contributed by atoms with E-state index in [9.17, 15) is 5.11 Å². The van der Waals surface area contributed by atoms with E-state index in [1.165, 1.54) is 0 Å². The molecule has 8 nitrogen and oxygen atoms in total. The lowest BCUT2D eigenvalue weighted by molar-refractivity contribution is 0.116. The van der Waals surface area contributed by atoms with Crippen LogP contribution in [0.25, 0.3) is 21.5 Å². The number of hydrogen-bond acceptors (Lipinski definition) is 9. The van der Waals surface area contributed by atoms with E-state index >= 15 is 0 Å². The van der Waals surface area contributed by atoms with Crippen LogP contribution in [-0.4, -0.2) is 70.3 Å². The zero-order valence-electron chi connectivity index (χ0n) is 21.9. The van der Waals surface area contributed by atoms with Crippen LogP contribution in [0.1, 0.15) is 39.5 Å². The number of aliphatic hydroxyl groups is 1. The molecule has 1 aromatic carbocycles. The summed E-state index contributed by atoms with van der Waals surface area (Å²) < 4.78 is 7.29. The van der Waals surface area contributed by atoms with E-state index in [-0.39, 0.29) is 19.6 Å². The summed E-state index contributed by atoms with van der Waals surface area (Å²) in [6, 6.07) is 14.5. The highest BCUT2D eigenvalue weighted by Gasteiger charge is 2.25. The summed E-state index contributed by atoms with van der Waals surface area (Å²) in [6.07, 6.45) is 8.54. The van der Waals surface area contributed by atoms with Gasteiger partial charge < -0.3 is 25.0 Å². The molecular formula is C30H38N6O2S. The predicted molar refractivity (Wildman–Crippen MR) is 160 cm³/mol. The van der Waals surface area contributed by atoms with Crippen LogP contribution in [0.5, 0.6) is 11.5 Å². The summed E-state index contributed by atoms with van der Waals surface area (Å²) in [7, 11) is 4.28. The molecule has 9 heteroatoms. The minimum Gasteiger partial charge on any atom is -0.457 e. The number of thiazole rings is 1. The zero-order valence-corrected chi connectivity index (χ0v) is 22.7. The van der Waals surface area contributed by atoms with Crippen LogP contribution in [0.2, 0.25) is 0 Å². The topological polar surface area (TPSA) is 86.6 Å². The molecule has 39 heavy (non-hydrogen) atoms. The molecule has 2 aliphatic rings. The summed E-state index contributed by atoms with van der Waals surface area (Å²) in [5.74, 6) is 2.47. The number of aromatic nitrogens is 3. The molecule has 0 unspecified atom stereocenters. The van der Waals surface area contributed by atoms with Gasteiger partial charge in [0.25, 0.3) is 0 Å². The Kier molecular flexibility index (Phi) is 8.30. The van der Waals surface area contributed by atoms with Gasteiger partial charge in [-0.1, -0.05) is 31.6 Å². The number of hydrogen-bond donors (Lipinski definition) is 2. The number of likely N-dealkylation sites (N-methyl/N-ethyl adjacent to an activating group) is 1. The standard InChI is InChI=1S/C29H34N6O2S.CH4/c1-34(2)20-11-14-35(18-20)28-15-19(9-12-31-28)25-16-22(10-13-30-25)37-21-7-8-24-27(17-21)38-29(33-24)32-23-5-3-4-6-26(23)36;/h7-10,12-13,15-17,20,23,26,36H,3-6,11,14,18H2,1-2H3,(H,32,33);1H4/t20-,23+,26+;/m0./s1. The molecule has 1 saturated heterocycles. The molecule has 206 valence electrons. The second kappa shape index (κ2) is 11.9. The van der Waals surface area contributed by atoms with Crippen molar-refractivity contribution in [2.24, 2.45) is 0 Å². The summed E-state index contributed by atoms with van der Waals surface area (Å²) >= 11 is 1.59. The van der Waals surface area contributed by atoms with Crippen molar-refractivity contribution in [1.29, 1.82) is 0 Å². The van der Waals surface area contributed by atoms with Gasteiger partial charge in [0.05, 0.1) is 28.1 Å². The molecule has 3 atom stereocenters. The average molecular weight is 547 g/mol. The van der Waals surface area contributed by atoms with Gasteiger partial charge in [-0.2, -0.15) is 0 Å². The maximum Gasteiger partial charge on any atom is 0.184 e. The van der Waals surface area contributed by atoms with Gasteiger partial charge in [-0.05, 0) is 63.7 Å². The van der Waals surface area contributed by atoms with Gasteiger partial charge in [0.1, 0.15) is 17.3 Å². The Morgan fingerprint density at radius 1 is 1.00 bits per heavy atom. The Balaban J connectivity index is 0.00000308. The van der Waals surface area contributed by atoms with Crippen molar-refractivity contribution in [2.45, 2.75) is 57.7 Å². The van der Waals surface area contributed by atoms with E-state index in [0.717, 1.165) is 89.1 Å². The molecule has 0 bridgehead atoms. The number of benzene rings is 1. The van der Waals surface area contributed by atoms with Crippen molar-refractivity contribution in [3.05, 3.63) is 54.9 Å². The highest BCUT2D eigenvalue weighted by atomic mass is 32.1. The third-order valence-electron chi connectivity index (χ3n) is 7.62. The first-order chi connectivity index (χ1) is 18.5. The third-order valence-corrected chi connectivity index (χ3v) is 8.57. The van der Waals surface area contributed by atoms with E-state index in [1.807, 2.05) is 42.6 Å². The van der Waals surface area contributed by atoms with Crippen LogP contribution in [0.4, 0.5) is 10.9 Å². The van der Waals surface area contributed by atoms with Gasteiger partial charge in [0, 0.05) is 49.2 Å². The summed E-state index contributed by atoms with van der Waals surface area (Å²) in [5, 5.41) is 14.6. The first-order valence-electron chi connectivity index (χ1n) is 13.4. The fourth-order valence-corrected chi connectivity index (χ4v) is 6.32. The third kappa shape index (κ3) is 6.16. The highest BCUT2D eigenvalue weighted by molar-refractivity contribution is 7.22. The number of ether oxygens (including phenoxy) is 1. The number of anilines is 2. The van der Waals surface area contributed by atoms with Crippen LogP contribution in [0.3, 0.4) is 0 Å². The minimum absolute atomic E-state index is 0. The first-order valence-corrected chi connectivity index (χ1v) is 14.2. The molecule has 2 fully saturated rings. The van der Waals surface area contributed by atoms with E-state index in [0.29, 0.717) is 6.04 Å². The van der Waals surface area contributed by atoms with Crippen LogP contribution in [0, 0.1) is 0 Å². The van der Waals surface area contributed by atoms with E-state index in [2.05, 4.69) is 45.2 Å². The van der Waals surface area contributed by atoms with E-state index in [4.69, 9.17) is 9.72 Å². The van der Waals surface area contributed by atoms with Crippen molar-refractivity contribution in [3.8, 4) is 22.8 Å². The van der Waals surface area contributed by atoms with Crippen LogP contribution < -0.4 is 15.0 Å². The predicted octanol–water partition coefficient (Wildman–Crippen LogP) is 6.04. The fraction of sp³-hybridized carbons (Fsp3) is 0.433. The van der Waals surface area contributed by atoms with E-state index in [1.54, 1.807) is 17.5 Å². The Morgan fingerprint density at radius 3 is 2.64 bits per heavy atom. The van der Waals surface area contributed by atoms with Gasteiger partial charge in [0.2, 0.25) is 0 Å². The number of fused-ring (bicyclic) bond motifs is 1. The van der Waals surface area contributed by atoms with Crippen molar-refractivity contribution in [1.82, 2.24) is 19.9 Å². The fourth-order valence-electron chi connectivity index (χ4n) is 5.36. The maximum absolute atomic E-state index is 10.3. The quantitative estimate of drug-likeness (QED) is 0.290. The van der Waals surface area contributed by atoms with Crippen LogP contribution >= 0.6 is 11.3 Å². The number of rotatable bonds is 7. The molecule has 0 amide bonds. The summed E-state index contributed by atoms with van der Waals surface area (Å²) in [5.41, 5.74) is 2.80. The minimum atomic E-state index is -0.308. The number of pyridine rings is 2. The molecule has 4 heterocycles. The Bertz CT molecular complexity index is 1410. The molecule has 0 spiro atoms. The molecule has 3 aromatic heterocycles. The second-order valence-corrected chi connectivity index (χ2v) is 11.5. The van der Waals surface area contributed by atoms with Gasteiger partial charge in [-0.3, -0.25) is 4.98 Å². The lowest BCUT2D eigenvalue weighted by atomic mass is 9.93. The van der Waals surface area contributed by atoms with Gasteiger partial charge in [-0.25, -0.2) is 9.97 Å². The lowest BCUT2D eigenvalue weighted by Crippen LogP contribution is -2.36. The van der Waals surface area contributed by atoms with Gasteiger partial charge >= 0.3 is 0 Å².